The third-order valence-electron chi connectivity index (χ3n) is 4.18. The van der Waals surface area contributed by atoms with Crippen molar-refractivity contribution in [1.29, 1.82) is 0 Å². The van der Waals surface area contributed by atoms with Crippen LogP contribution in [0.1, 0.15) is 51.0 Å². The zero-order valence-corrected chi connectivity index (χ0v) is 13.0. The molecule has 1 unspecified atom stereocenters. The van der Waals surface area contributed by atoms with E-state index in [0.29, 0.717) is 18.9 Å². The summed E-state index contributed by atoms with van der Waals surface area (Å²) in [6, 6.07) is 10.6. The van der Waals surface area contributed by atoms with E-state index in [1.165, 1.54) is 31.2 Å². The van der Waals surface area contributed by atoms with Crippen molar-refractivity contribution in [2.75, 3.05) is 6.61 Å². The zero-order valence-electron chi connectivity index (χ0n) is 13.0. The van der Waals surface area contributed by atoms with Crippen molar-refractivity contribution in [2.24, 2.45) is 5.92 Å². The van der Waals surface area contributed by atoms with E-state index < -0.39 is 0 Å². The molecule has 0 aliphatic heterocycles. The normalized spacial score (nSPS) is 16.1. The monoisotopic (exact) mass is 286 g/mol. The minimum absolute atomic E-state index is 0.0630. The molecule has 0 heterocycles. The molecule has 21 heavy (non-hydrogen) atoms. The Hall–Kier alpha value is -1.57. The van der Waals surface area contributed by atoms with Crippen LogP contribution >= 0.6 is 0 Å². The minimum atomic E-state index is -0.0630. The number of carbonyl (C=O) groups excluding carboxylic acids is 1. The molecule has 1 atom stereocenters. The summed E-state index contributed by atoms with van der Waals surface area (Å²) in [4.78, 5) is 11.6. The lowest BCUT2D eigenvalue weighted by Crippen LogP contribution is -2.14. The second kappa shape index (κ2) is 8.66. The molecule has 1 aliphatic carbocycles. The number of rotatable bonds is 7. The van der Waals surface area contributed by atoms with Crippen LogP contribution in [0.5, 0.6) is 0 Å². The first kappa shape index (κ1) is 15.8. The number of hydrogen-bond donors (Lipinski definition) is 0. The number of benzene rings is 1. The second-order valence-corrected chi connectivity index (χ2v) is 5.76. The molecule has 0 radical (unpaired) electrons. The van der Waals surface area contributed by atoms with Crippen LogP contribution in [0.15, 0.2) is 42.0 Å². The van der Waals surface area contributed by atoms with Gasteiger partial charge in [-0.1, -0.05) is 42.0 Å². The third-order valence-corrected chi connectivity index (χ3v) is 4.18. The largest absolute Gasteiger partial charge is 0.466 e. The van der Waals surface area contributed by atoms with Crippen molar-refractivity contribution in [1.82, 2.24) is 0 Å². The minimum Gasteiger partial charge on any atom is -0.466 e. The van der Waals surface area contributed by atoms with E-state index in [-0.39, 0.29) is 5.97 Å². The van der Waals surface area contributed by atoms with E-state index in [1.54, 1.807) is 5.57 Å². The van der Waals surface area contributed by atoms with Gasteiger partial charge >= 0.3 is 5.97 Å². The van der Waals surface area contributed by atoms with Crippen molar-refractivity contribution in [3.05, 3.63) is 47.5 Å². The first-order valence-corrected chi connectivity index (χ1v) is 8.18. The van der Waals surface area contributed by atoms with Crippen molar-refractivity contribution < 1.29 is 9.53 Å². The zero-order chi connectivity index (χ0) is 14.9. The van der Waals surface area contributed by atoms with Gasteiger partial charge in [0.25, 0.3) is 0 Å². The number of esters is 1. The summed E-state index contributed by atoms with van der Waals surface area (Å²) in [6.07, 6.45) is 9.85. The Bertz CT molecular complexity index is 462. The molecule has 2 rings (SSSR count). The Morgan fingerprint density at radius 2 is 2.05 bits per heavy atom. The van der Waals surface area contributed by atoms with Gasteiger partial charge in [0.1, 0.15) is 0 Å². The lowest BCUT2D eigenvalue weighted by Gasteiger charge is -2.23. The van der Waals surface area contributed by atoms with Gasteiger partial charge in [0.2, 0.25) is 0 Å². The fourth-order valence-corrected chi connectivity index (χ4v) is 3.08. The first-order chi connectivity index (χ1) is 10.3. The van der Waals surface area contributed by atoms with Gasteiger partial charge in [-0.25, -0.2) is 0 Å². The van der Waals surface area contributed by atoms with Crippen LogP contribution in [0.4, 0.5) is 0 Å². The molecule has 0 spiro atoms. The molecule has 1 aromatic rings. The van der Waals surface area contributed by atoms with Crippen LogP contribution in [-0.2, 0) is 16.0 Å². The maximum Gasteiger partial charge on any atom is 0.305 e. The van der Waals surface area contributed by atoms with Gasteiger partial charge in [-0.3, -0.25) is 4.79 Å². The third kappa shape index (κ3) is 5.37. The highest BCUT2D eigenvalue weighted by Crippen LogP contribution is 2.30. The molecular weight excluding hydrogens is 260 g/mol. The van der Waals surface area contributed by atoms with Gasteiger partial charge in [0.15, 0.2) is 0 Å². The highest BCUT2D eigenvalue weighted by atomic mass is 16.5. The summed E-state index contributed by atoms with van der Waals surface area (Å²) in [6.45, 7) is 2.34. The summed E-state index contributed by atoms with van der Waals surface area (Å²) >= 11 is 0. The fourth-order valence-electron chi connectivity index (χ4n) is 3.08. The lowest BCUT2D eigenvalue weighted by molar-refractivity contribution is -0.143. The van der Waals surface area contributed by atoms with Gasteiger partial charge in [-0.2, -0.15) is 0 Å². The average Bonchev–Trinajstić information content (AvgIpc) is 2.53. The fraction of sp³-hybridized carbons (Fsp3) is 0.526. The molecule has 2 nitrogen and oxygen atoms in total. The highest BCUT2D eigenvalue weighted by molar-refractivity contribution is 5.69. The first-order valence-electron chi connectivity index (χ1n) is 8.18. The van der Waals surface area contributed by atoms with E-state index in [4.69, 9.17) is 4.74 Å². The van der Waals surface area contributed by atoms with Gasteiger partial charge in [-0.15, -0.1) is 0 Å². The van der Waals surface area contributed by atoms with E-state index in [2.05, 4.69) is 36.4 Å². The topological polar surface area (TPSA) is 26.3 Å². The highest BCUT2D eigenvalue weighted by Gasteiger charge is 2.18. The molecule has 0 saturated heterocycles. The number of allylic oxidation sites excluding steroid dienone is 2. The van der Waals surface area contributed by atoms with E-state index in [1.807, 2.05) is 6.92 Å². The Balaban J connectivity index is 1.99. The van der Waals surface area contributed by atoms with Crippen LogP contribution in [0.2, 0.25) is 0 Å². The Morgan fingerprint density at radius 3 is 2.71 bits per heavy atom. The molecule has 0 saturated carbocycles. The average molecular weight is 286 g/mol. The maximum atomic E-state index is 11.6. The summed E-state index contributed by atoms with van der Waals surface area (Å²) in [5.74, 6) is 0.420. The molecule has 0 N–H and O–H groups in total. The van der Waals surface area contributed by atoms with Crippen molar-refractivity contribution in [2.45, 2.75) is 51.9 Å². The predicted molar refractivity (Wildman–Crippen MR) is 86.1 cm³/mol. The van der Waals surface area contributed by atoms with Crippen LogP contribution in [0.25, 0.3) is 0 Å². The van der Waals surface area contributed by atoms with Crippen LogP contribution in [0, 0.1) is 5.92 Å². The van der Waals surface area contributed by atoms with Crippen LogP contribution in [0.3, 0.4) is 0 Å². The number of ether oxygens (including phenoxy) is 1. The predicted octanol–water partition coefficient (Wildman–Crippen LogP) is 4.69. The lowest BCUT2D eigenvalue weighted by atomic mass is 9.82. The summed E-state index contributed by atoms with van der Waals surface area (Å²) in [7, 11) is 0. The Morgan fingerprint density at radius 1 is 1.24 bits per heavy atom. The summed E-state index contributed by atoms with van der Waals surface area (Å²) in [5, 5.41) is 0. The van der Waals surface area contributed by atoms with Crippen molar-refractivity contribution in [3.63, 3.8) is 0 Å². The Kier molecular flexibility index (Phi) is 6.52. The van der Waals surface area contributed by atoms with E-state index in [9.17, 15) is 4.79 Å². The quantitative estimate of drug-likeness (QED) is 0.537. The molecule has 0 bridgehead atoms. The SMILES string of the molecule is CCOC(=O)CCC(Cc1ccccc1)C1=CCCCC1. The molecule has 2 heteroatoms. The molecule has 114 valence electrons. The van der Waals surface area contributed by atoms with Crippen molar-refractivity contribution >= 4 is 5.97 Å². The molecule has 0 fully saturated rings. The number of carbonyl (C=O) groups is 1. The van der Waals surface area contributed by atoms with Crippen molar-refractivity contribution in [3.8, 4) is 0 Å². The number of hydrogen-bond acceptors (Lipinski definition) is 2. The van der Waals surface area contributed by atoms with Gasteiger partial charge < -0.3 is 4.74 Å². The molecule has 0 aromatic heterocycles. The smallest absolute Gasteiger partial charge is 0.305 e. The van der Waals surface area contributed by atoms with Crippen LogP contribution < -0.4 is 0 Å². The molecule has 1 aliphatic rings. The van der Waals surface area contributed by atoms with Gasteiger partial charge in [-0.05, 0) is 56.9 Å². The van der Waals surface area contributed by atoms with Gasteiger partial charge in [0.05, 0.1) is 6.61 Å². The molecule has 0 amide bonds. The van der Waals surface area contributed by atoms with Gasteiger partial charge in [0, 0.05) is 6.42 Å². The maximum absolute atomic E-state index is 11.6. The van der Waals surface area contributed by atoms with Crippen LogP contribution in [-0.4, -0.2) is 12.6 Å². The molecular formula is C19H26O2. The van der Waals surface area contributed by atoms with E-state index >= 15 is 0 Å². The molecule has 1 aromatic carbocycles. The summed E-state index contributed by atoms with van der Waals surface area (Å²) in [5.41, 5.74) is 2.91. The standard InChI is InChI=1S/C19H26O2/c1-2-21-19(20)14-13-18(17-11-7-4-8-12-17)15-16-9-5-3-6-10-16/h3,5-6,9-11,18H,2,4,7-8,12-15H2,1H3. The second-order valence-electron chi connectivity index (χ2n) is 5.76. The van der Waals surface area contributed by atoms with E-state index in [0.717, 1.165) is 12.8 Å². The Labute approximate surface area is 128 Å². The summed E-state index contributed by atoms with van der Waals surface area (Å²) < 4.78 is 5.07.